The van der Waals surface area contributed by atoms with E-state index in [9.17, 15) is 4.79 Å². The van der Waals surface area contributed by atoms with Gasteiger partial charge in [-0.2, -0.15) is 0 Å². The second-order valence-electron chi connectivity index (χ2n) is 6.63. The van der Waals surface area contributed by atoms with Gasteiger partial charge in [0.2, 0.25) is 5.91 Å². The summed E-state index contributed by atoms with van der Waals surface area (Å²) in [6, 6.07) is 19.9. The molecule has 0 fully saturated rings. The van der Waals surface area contributed by atoms with Gasteiger partial charge in [0.15, 0.2) is 0 Å². The van der Waals surface area contributed by atoms with Crippen LogP contribution in [0, 0.1) is 5.92 Å². The molecule has 5 heteroatoms. The molecule has 2 atom stereocenters. The highest BCUT2D eigenvalue weighted by Crippen LogP contribution is 2.21. The summed E-state index contributed by atoms with van der Waals surface area (Å²) in [7, 11) is 1.66. The third-order valence-electron chi connectivity index (χ3n) is 4.73. The van der Waals surface area contributed by atoms with E-state index in [0.717, 1.165) is 18.4 Å². The number of carbonyl (C=O) groups excluding carboxylic acids is 1. The minimum Gasteiger partial charge on any atom is -0.383 e. The van der Waals surface area contributed by atoms with Gasteiger partial charge in [0.05, 0.1) is 12.5 Å². The van der Waals surface area contributed by atoms with E-state index < -0.39 is 0 Å². The van der Waals surface area contributed by atoms with Crippen molar-refractivity contribution in [2.24, 2.45) is 11.7 Å². The van der Waals surface area contributed by atoms with Crippen LogP contribution in [0.1, 0.15) is 30.5 Å². The van der Waals surface area contributed by atoms with Crippen LogP contribution >= 0.6 is 12.4 Å². The van der Waals surface area contributed by atoms with E-state index in [-0.39, 0.29) is 30.3 Å². The molecule has 2 rings (SSSR count). The standard InChI is InChI=1S/C22H30N2O2.ClH/c1-18(21(23)20-13-7-4-8-14-20)22(25)24(16-17-26-2)15-9-12-19-10-5-3-6-11-19;/h3-8,10-11,13-14,18,21H,9,12,15-17,23H2,1-2H3;1H. The first kappa shape index (κ1) is 23.2. The van der Waals surface area contributed by atoms with Crippen LogP contribution in [0.5, 0.6) is 0 Å². The third-order valence-corrected chi connectivity index (χ3v) is 4.73. The van der Waals surface area contributed by atoms with Gasteiger partial charge in [0.25, 0.3) is 0 Å². The quantitative estimate of drug-likeness (QED) is 0.670. The molecule has 4 nitrogen and oxygen atoms in total. The maximum Gasteiger partial charge on any atom is 0.227 e. The van der Waals surface area contributed by atoms with Crippen LogP contribution in [0.25, 0.3) is 0 Å². The molecule has 0 spiro atoms. The van der Waals surface area contributed by atoms with Crippen LogP contribution in [0.2, 0.25) is 0 Å². The van der Waals surface area contributed by atoms with Crippen molar-refractivity contribution in [3.05, 3.63) is 71.8 Å². The van der Waals surface area contributed by atoms with Crippen molar-refractivity contribution in [2.75, 3.05) is 26.8 Å². The van der Waals surface area contributed by atoms with E-state index in [4.69, 9.17) is 10.5 Å². The van der Waals surface area contributed by atoms with Gasteiger partial charge in [-0.05, 0) is 24.0 Å². The molecule has 2 aromatic carbocycles. The number of benzene rings is 2. The van der Waals surface area contributed by atoms with Crippen LogP contribution < -0.4 is 5.73 Å². The van der Waals surface area contributed by atoms with Crippen LogP contribution in [0.15, 0.2) is 60.7 Å². The second-order valence-corrected chi connectivity index (χ2v) is 6.63. The van der Waals surface area contributed by atoms with E-state index in [1.54, 1.807) is 7.11 Å². The van der Waals surface area contributed by atoms with E-state index in [2.05, 4.69) is 12.1 Å². The number of halogens is 1. The topological polar surface area (TPSA) is 55.6 Å². The lowest BCUT2D eigenvalue weighted by atomic mass is 9.94. The number of ether oxygens (including phenoxy) is 1. The molecule has 0 aliphatic rings. The average Bonchev–Trinajstić information content (AvgIpc) is 2.70. The second kappa shape index (κ2) is 12.5. The SMILES string of the molecule is COCCN(CCCc1ccccc1)C(=O)C(C)C(N)c1ccccc1.Cl. The summed E-state index contributed by atoms with van der Waals surface area (Å²) in [5, 5.41) is 0. The molecule has 0 radical (unpaired) electrons. The molecule has 0 aliphatic carbocycles. The number of nitrogens with zero attached hydrogens (tertiary/aromatic N) is 1. The summed E-state index contributed by atoms with van der Waals surface area (Å²) in [4.78, 5) is 14.9. The number of amides is 1. The Morgan fingerprint density at radius 2 is 1.63 bits per heavy atom. The Kier molecular flexibility index (Phi) is 10.7. The van der Waals surface area contributed by atoms with Crippen molar-refractivity contribution >= 4 is 18.3 Å². The largest absolute Gasteiger partial charge is 0.383 e. The van der Waals surface area contributed by atoms with Crippen LogP contribution in [0.4, 0.5) is 0 Å². The highest BCUT2D eigenvalue weighted by molar-refractivity contribution is 5.85. The summed E-state index contributed by atoms with van der Waals surface area (Å²) in [6.45, 7) is 3.75. The van der Waals surface area contributed by atoms with Crippen molar-refractivity contribution in [3.8, 4) is 0 Å². The number of hydrogen-bond donors (Lipinski definition) is 1. The summed E-state index contributed by atoms with van der Waals surface area (Å²) >= 11 is 0. The summed E-state index contributed by atoms with van der Waals surface area (Å²) in [5.41, 5.74) is 8.63. The number of nitrogens with two attached hydrogens (primary N) is 1. The molecule has 1 amide bonds. The lowest BCUT2D eigenvalue weighted by Crippen LogP contribution is -2.41. The highest BCUT2D eigenvalue weighted by Gasteiger charge is 2.26. The van der Waals surface area contributed by atoms with Gasteiger partial charge in [-0.15, -0.1) is 12.4 Å². The third kappa shape index (κ3) is 7.33. The maximum atomic E-state index is 13.0. The minimum absolute atomic E-state index is 0. The van der Waals surface area contributed by atoms with Crippen molar-refractivity contribution in [1.29, 1.82) is 0 Å². The van der Waals surface area contributed by atoms with Gasteiger partial charge in [-0.1, -0.05) is 67.6 Å². The zero-order valence-corrected chi connectivity index (χ0v) is 17.0. The van der Waals surface area contributed by atoms with E-state index in [0.29, 0.717) is 19.7 Å². The Labute approximate surface area is 169 Å². The van der Waals surface area contributed by atoms with Crippen molar-refractivity contribution < 1.29 is 9.53 Å². The molecule has 0 heterocycles. The number of aryl methyl sites for hydroxylation is 1. The maximum absolute atomic E-state index is 13.0. The lowest BCUT2D eigenvalue weighted by molar-refractivity contribution is -0.136. The minimum atomic E-state index is -0.303. The van der Waals surface area contributed by atoms with Crippen LogP contribution in [-0.2, 0) is 16.0 Å². The molecule has 2 N–H and O–H groups in total. The fourth-order valence-corrected chi connectivity index (χ4v) is 3.06. The number of methoxy groups -OCH3 is 1. The molecule has 27 heavy (non-hydrogen) atoms. The fourth-order valence-electron chi connectivity index (χ4n) is 3.06. The smallest absolute Gasteiger partial charge is 0.227 e. The molecule has 148 valence electrons. The lowest BCUT2D eigenvalue weighted by Gasteiger charge is -2.28. The Bertz CT molecular complexity index is 652. The summed E-state index contributed by atoms with van der Waals surface area (Å²) < 4.78 is 5.19. The van der Waals surface area contributed by atoms with E-state index in [1.807, 2.05) is 60.4 Å². The molecular weight excluding hydrogens is 360 g/mol. The zero-order valence-electron chi connectivity index (χ0n) is 16.2. The van der Waals surface area contributed by atoms with Crippen LogP contribution in [-0.4, -0.2) is 37.6 Å². The fraction of sp³-hybridized carbons (Fsp3) is 0.409. The first-order chi connectivity index (χ1) is 12.6. The first-order valence-electron chi connectivity index (χ1n) is 9.25. The summed E-state index contributed by atoms with van der Waals surface area (Å²) in [6.07, 6.45) is 1.88. The Morgan fingerprint density at radius 1 is 1.04 bits per heavy atom. The Morgan fingerprint density at radius 3 is 2.22 bits per heavy atom. The van der Waals surface area contributed by atoms with E-state index in [1.165, 1.54) is 5.56 Å². The molecule has 0 saturated heterocycles. The molecular formula is C22H31ClN2O2. The molecule has 0 bridgehead atoms. The molecule has 0 aliphatic heterocycles. The van der Waals surface area contributed by atoms with Gasteiger partial charge in [0.1, 0.15) is 0 Å². The van der Waals surface area contributed by atoms with Crippen LogP contribution in [0.3, 0.4) is 0 Å². The van der Waals surface area contributed by atoms with Gasteiger partial charge < -0.3 is 15.4 Å². The zero-order chi connectivity index (χ0) is 18.8. The number of carbonyl (C=O) groups is 1. The van der Waals surface area contributed by atoms with E-state index >= 15 is 0 Å². The van der Waals surface area contributed by atoms with Gasteiger partial charge >= 0.3 is 0 Å². The molecule has 2 unspecified atom stereocenters. The first-order valence-corrected chi connectivity index (χ1v) is 9.25. The molecule has 2 aromatic rings. The monoisotopic (exact) mass is 390 g/mol. The van der Waals surface area contributed by atoms with Gasteiger partial charge in [-0.3, -0.25) is 4.79 Å². The number of rotatable bonds is 10. The number of hydrogen-bond acceptors (Lipinski definition) is 3. The van der Waals surface area contributed by atoms with Crippen molar-refractivity contribution in [2.45, 2.75) is 25.8 Å². The summed E-state index contributed by atoms with van der Waals surface area (Å²) in [5.74, 6) is -0.183. The average molecular weight is 391 g/mol. The normalized spacial score (nSPS) is 12.7. The predicted molar refractivity (Wildman–Crippen MR) is 113 cm³/mol. The van der Waals surface area contributed by atoms with Gasteiger partial charge in [-0.25, -0.2) is 0 Å². The Hall–Kier alpha value is -1.88. The van der Waals surface area contributed by atoms with Gasteiger partial charge in [0, 0.05) is 26.2 Å². The highest BCUT2D eigenvalue weighted by atomic mass is 35.5. The van der Waals surface area contributed by atoms with Crippen molar-refractivity contribution in [3.63, 3.8) is 0 Å². The molecule has 0 aromatic heterocycles. The van der Waals surface area contributed by atoms with Crippen molar-refractivity contribution in [1.82, 2.24) is 4.90 Å². The molecule has 0 saturated carbocycles. The predicted octanol–water partition coefficient (Wildman–Crippen LogP) is 3.85. The Balaban J connectivity index is 0.00000364.